The molecular weight excluding hydrogens is 266 g/mol. The van der Waals surface area contributed by atoms with E-state index in [0.717, 1.165) is 11.1 Å². The monoisotopic (exact) mass is 287 g/mol. The Labute approximate surface area is 124 Å². The van der Waals surface area contributed by atoms with Gasteiger partial charge < -0.3 is 14.8 Å². The number of nitrogens with one attached hydrogen (secondary N) is 1. The van der Waals surface area contributed by atoms with E-state index in [4.69, 9.17) is 4.42 Å². The number of aryl methyl sites for hydroxylation is 1. The topological polar surface area (TPSA) is 62.5 Å². The van der Waals surface area contributed by atoms with Gasteiger partial charge in [0, 0.05) is 17.5 Å². The van der Waals surface area contributed by atoms with E-state index >= 15 is 0 Å². The largest absolute Gasteiger partial charge is 0.459 e. The van der Waals surface area contributed by atoms with Crippen molar-refractivity contribution in [3.8, 4) is 0 Å². The number of amides is 1. The van der Waals surface area contributed by atoms with Gasteiger partial charge in [-0.15, -0.1) is 0 Å². The number of hydrogen-bond acceptors (Lipinski definition) is 3. The molecule has 1 aromatic heterocycles. The number of carbonyl (C=O) groups excluding carboxylic acids is 1. The van der Waals surface area contributed by atoms with Gasteiger partial charge in [-0.05, 0) is 25.0 Å². The molecule has 1 atom stereocenters. The lowest BCUT2D eigenvalue weighted by Gasteiger charge is -2.27. The van der Waals surface area contributed by atoms with Crippen LogP contribution in [0.1, 0.15) is 28.6 Å². The molecule has 2 aromatic rings. The fourth-order valence-corrected chi connectivity index (χ4v) is 2.24. The molecule has 4 nitrogen and oxygen atoms in total. The second-order valence-electron chi connectivity index (χ2n) is 5.75. The van der Waals surface area contributed by atoms with Crippen LogP contribution in [0, 0.1) is 12.3 Å². The third-order valence-corrected chi connectivity index (χ3v) is 3.60. The van der Waals surface area contributed by atoms with E-state index in [9.17, 15) is 9.90 Å². The molecule has 0 fully saturated rings. The van der Waals surface area contributed by atoms with E-state index in [1.165, 1.54) is 6.26 Å². The lowest BCUT2D eigenvalue weighted by Crippen LogP contribution is -2.39. The molecule has 4 heteroatoms. The van der Waals surface area contributed by atoms with Crippen LogP contribution < -0.4 is 5.32 Å². The van der Waals surface area contributed by atoms with Crippen LogP contribution in [0.3, 0.4) is 0 Å². The number of aliphatic hydroxyl groups excluding tert-OH is 1. The third kappa shape index (κ3) is 3.95. The van der Waals surface area contributed by atoms with E-state index in [-0.39, 0.29) is 12.5 Å². The van der Waals surface area contributed by atoms with Crippen molar-refractivity contribution in [2.45, 2.75) is 20.3 Å². The number of carbonyl (C=O) groups is 1. The van der Waals surface area contributed by atoms with Gasteiger partial charge in [-0.1, -0.05) is 37.3 Å². The van der Waals surface area contributed by atoms with E-state index in [2.05, 4.69) is 5.32 Å². The van der Waals surface area contributed by atoms with Gasteiger partial charge in [-0.2, -0.15) is 0 Å². The minimum absolute atomic E-state index is 0.000683. The Bertz CT molecular complexity index is 591. The Hall–Kier alpha value is -2.07. The summed E-state index contributed by atoms with van der Waals surface area (Å²) in [6.45, 7) is 4.17. The summed E-state index contributed by atoms with van der Waals surface area (Å²) in [5, 5.41) is 12.5. The molecule has 0 spiro atoms. The maximum absolute atomic E-state index is 12.1. The maximum Gasteiger partial charge on any atom is 0.287 e. The highest BCUT2D eigenvalue weighted by molar-refractivity contribution is 5.92. The molecular formula is C17H21NO3. The van der Waals surface area contributed by atoms with E-state index in [1.807, 2.05) is 44.2 Å². The first-order chi connectivity index (χ1) is 10.0. The summed E-state index contributed by atoms with van der Waals surface area (Å²) in [4.78, 5) is 12.1. The molecule has 112 valence electrons. The minimum Gasteiger partial charge on any atom is -0.459 e. The highest BCUT2D eigenvalue weighted by Gasteiger charge is 2.25. The summed E-state index contributed by atoms with van der Waals surface area (Å²) >= 11 is 0. The number of aliphatic hydroxyl groups is 1. The first-order valence-corrected chi connectivity index (χ1v) is 7.01. The lowest BCUT2D eigenvalue weighted by atomic mass is 9.84. The number of benzene rings is 1. The summed E-state index contributed by atoms with van der Waals surface area (Å²) in [6, 6.07) is 11.7. The van der Waals surface area contributed by atoms with Crippen molar-refractivity contribution in [3.05, 3.63) is 59.5 Å². The number of hydrogen-bond donors (Lipinski definition) is 2. The summed E-state index contributed by atoms with van der Waals surface area (Å²) < 4.78 is 5.17. The predicted octanol–water partition coefficient (Wildman–Crippen LogP) is 2.56. The normalized spacial score (nSPS) is 13.7. The van der Waals surface area contributed by atoms with E-state index in [0.29, 0.717) is 18.7 Å². The van der Waals surface area contributed by atoms with Crippen LogP contribution in [-0.4, -0.2) is 24.2 Å². The molecule has 0 saturated heterocycles. The molecule has 1 amide bonds. The molecule has 0 bridgehead atoms. The van der Waals surface area contributed by atoms with Crippen molar-refractivity contribution in [2.75, 3.05) is 13.2 Å². The molecule has 0 radical (unpaired) electrons. The molecule has 0 aliphatic heterocycles. The van der Waals surface area contributed by atoms with Crippen molar-refractivity contribution in [3.63, 3.8) is 0 Å². The van der Waals surface area contributed by atoms with Crippen LogP contribution in [0.5, 0.6) is 0 Å². The Morgan fingerprint density at radius 3 is 2.57 bits per heavy atom. The number of furan rings is 1. The average molecular weight is 287 g/mol. The van der Waals surface area contributed by atoms with Gasteiger partial charge in [0.1, 0.15) is 0 Å². The van der Waals surface area contributed by atoms with E-state index < -0.39 is 5.41 Å². The molecule has 0 aliphatic carbocycles. The highest BCUT2D eigenvalue weighted by atomic mass is 16.3. The van der Waals surface area contributed by atoms with Crippen molar-refractivity contribution in [1.82, 2.24) is 5.32 Å². The fourth-order valence-electron chi connectivity index (χ4n) is 2.24. The van der Waals surface area contributed by atoms with Gasteiger partial charge in [0.25, 0.3) is 5.91 Å². The van der Waals surface area contributed by atoms with Gasteiger partial charge in [-0.25, -0.2) is 0 Å². The molecule has 0 aliphatic rings. The van der Waals surface area contributed by atoms with E-state index in [1.54, 1.807) is 6.07 Å². The zero-order valence-corrected chi connectivity index (χ0v) is 12.4. The molecule has 0 saturated carbocycles. The Morgan fingerprint density at radius 2 is 2.00 bits per heavy atom. The molecule has 2 rings (SSSR count). The zero-order valence-electron chi connectivity index (χ0n) is 12.4. The average Bonchev–Trinajstić information content (AvgIpc) is 2.92. The second-order valence-corrected chi connectivity index (χ2v) is 5.75. The first-order valence-electron chi connectivity index (χ1n) is 7.01. The molecule has 0 unspecified atom stereocenters. The summed E-state index contributed by atoms with van der Waals surface area (Å²) in [5.74, 6) is 0.0836. The Balaban J connectivity index is 1.98. The van der Waals surface area contributed by atoms with Crippen LogP contribution in [0.15, 0.2) is 47.1 Å². The van der Waals surface area contributed by atoms with Crippen LogP contribution in [0.2, 0.25) is 0 Å². The second kappa shape index (κ2) is 6.59. The first kappa shape index (κ1) is 15.3. The summed E-state index contributed by atoms with van der Waals surface area (Å²) in [7, 11) is 0. The minimum atomic E-state index is -0.405. The molecule has 21 heavy (non-hydrogen) atoms. The summed E-state index contributed by atoms with van der Waals surface area (Å²) in [5.41, 5.74) is 1.54. The van der Waals surface area contributed by atoms with Crippen LogP contribution in [0.25, 0.3) is 0 Å². The smallest absolute Gasteiger partial charge is 0.287 e. The third-order valence-electron chi connectivity index (χ3n) is 3.60. The maximum atomic E-state index is 12.1. The molecule has 2 N–H and O–H groups in total. The highest BCUT2D eigenvalue weighted by Crippen LogP contribution is 2.21. The quantitative estimate of drug-likeness (QED) is 0.858. The fraction of sp³-hybridized carbons (Fsp3) is 0.353. The molecule has 1 aromatic carbocycles. The van der Waals surface area contributed by atoms with Crippen molar-refractivity contribution >= 4 is 5.91 Å². The SMILES string of the molecule is Cc1ccoc1C(=O)NC[C@](C)(CO)Cc1ccccc1. The number of rotatable bonds is 6. The van der Waals surface area contributed by atoms with Gasteiger partial charge in [0.05, 0.1) is 12.9 Å². The lowest BCUT2D eigenvalue weighted by molar-refractivity contribution is 0.0868. The Morgan fingerprint density at radius 1 is 1.29 bits per heavy atom. The molecule has 1 heterocycles. The van der Waals surface area contributed by atoms with Crippen molar-refractivity contribution < 1.29 is 14.3 Å². The van der Waals surface area contributed by atoms with Crippen LogP contribution >= 0.6 is 0 Å². The Kier molecular flexibility index (Phi) is 4.81. The van der Waals surface area contributed by atoms with Gasteiger partial charge in [0.15, 0.2) is 5.76 Å². The van der Waals surface area contributed by atoms with Crippen molar-refractivity contribution in [2.24, 2.45) is 5.41 Å². The van der Waals surface area contributed by atoms with Gasteiger partial charge in [0.2, 0.25) is 0 Å². The standard InChI is InChI=1S/C17H21NO3/c1-13-8-9-21-15(13)16(20)18-11-17(2,12-19)10-14-6-4-3-5-7-14/h3-9,19H,10-12H2,1-2H3,(H,18,20)/t17-/m1/s1. The summed E-state index contributed by atoms with van der Waals surface area (Å²) in [6.07, 6.45) is 2.20. The van der Waals surface area contributed by atoms with Crippen LogP contribution in [-0.2, 0) is 6.42 Å². The van der Waals surface area contributed by atoms with Gasteiger partial charge >= 0.3 is 0 Å². The van der Waals surface area contributed by atoms with Crippen LogP contribution in [0.4, 0.5) is 0 Å². The predicted molar refractivity (Wildman–Crippen MR) is 81.1 cm³/mol. The van der Waals surface area contributed by atoms with Gasteiger partial charge in [-0.3, -0.25) is 4.79 Å². The zero-order chi connectivity index (χ0) is 15.3. The van der Waals surface area contributed by atoms with Crippen molar-refractivity contribution in [1.29, 1.82) is 0 Å².